The summed E-state index contributed by atoms with van der Waals surface area (Å²) in [6.07, 6.45) is 0. The van der Waals surface area contributed by atoms with E-state index < -0.39 is 6.03 Å². The molecule has 0 aromatic heterocycles. The number of urea groups is 1. The van der Waals surface area contributed by atoms with E-state index in [1.165, 1.54) is 7.05 Å². The van der Waals surface area contributed by atoms with E-state index in [9.17, 15) is 4.79 Å². The summed E-state index contributed by atoms with van der Waals surface area (Å²) in [6, 6.07) is -0.495. The summed E-state index contributed by atoms with van der Waals surface area (Å²) >= 11 is 0. The predicted octanol–water partition coefficient (Wildman–Crippen LogP) is -0.718. The van der Waals surface area contributed by atoms with Crippen LogP contribution in [0.15, 0.2) is 0 Å². The molecule has 0 heterocycles. The number of hydrogen-bond acceptors (Lipinski definition) is 1. The number of hydrogen-bond donors (Lipinski definition) is 2. The molecule has 0 atom stereocenters. The summed E-state index contributed by atoms with van der Waals surface area (Å²) in [6.45, 7) is 0. The van der Waals surface area contributed by atoms with Crippen LogP contribution >= 0.6 is 0 Å². The Balaban J connectivity index is 0. The normalized spacial score (nSPS) is 5.50. The molecule has 0 spiro atoms. The van der Waals surface area contributed by atoms with Gasteiger partial charge in [0.25, 0.3) is 0 Å². The van der Waals surface area contributed by atoms with Gasteiger partial charge >= 0.3 is 6.03 Å². The average molecular weight is 181 g/mol. The van der Waals surface area contributed by atoms with Crippen LogP contribution in [0.2, 0.25) is 0 Å². The molecular formula is C2H6N2OPd. The van der Waals surface area contributed by atoms with Gasteiger partial charge in [0, 0.05) is 27.5 Å². The van der Waals surface area contributed by atoms with Gasteiger partial charge in [-0.3, -0.25) is 0 Å². The Labute approximate surface area is 49.9 Å². The third kappa shape index (κ3) is 9.06. The minimum Gasteiger partial charge on any atom is -0.352 e. The maximum Gasteiger partial charge on any atom is 0.311 e. The molecule has 0 rings (SSSR count). The Hall–Kier alpha value is -0.0677. The number of carbonyl (C=O) groups is 1. The molecule has 0 aliphatic carbocycles. The van der Waals surface area contributed by atoms with Gasteiger partial charge in [0.15, 0.2) is 0 Å². The van der Waals surface area contributed by atoms with Crippen LogP contribution in [0.3, 0.4) is 0 Å². The van der Waals surface area contributed by atoms with Crippen molar-refractivity contribution >= 4 is 6.03 Å². The second kappa shape index (κ2) is 4.93. The Bertz CT molecular complexity index is 46.8. The first-order valence-electron chi connectivity index (χ1n) is 1.24. The minimum atomic E-state index is -0.495. The Morgan fingerprint density at radius 1 is 1.83 bits per heavy atom. The van der Waals surface area contributed by atoms with E-state index >= 15 is 0 Å². The molecule has 0 aliphatic rings. The van der Waals surface area contributed by atoms with Crippen molar-refractivity contribution in [1.82, 2.24) is 5.32 Å². The number of carbonyl (C=O) groups excluding carboxylic acids is 1. The van der Waals surface area contributed by atoms with Crippen molar-refractivity contribution in [2.45, 2.75) is 0 Å². The van der Waals surface area contributed by atoms with Gasteiger partial charge in [0.05, 0.1) is 0 Å². The van der Waals surface area contributed by atoms with E-state index in [1.807, 2.05) is 0 Å². The molecule has 0 saturated carbocycles. The Kier molecular flexibility index (Phi) is 7.67. The van der Waals surface area contributed by atoms with Crippen molar-refractivity contribution in [1.29, 1.82) is 0 Å². The third-order valence-electron chi connectivity index (χ3n) is 0.246. The Morgan fingerprint density at radius 2 is 2.00 bits per heavy atom. The van der Waals surface area contributed by atoms with Crippen molar-refractivity contribution in [3.05, 3.63) is 0 Å². The van der Waals surface area contributed by atoms with Crippen molar-refractivity contribution in [3.8, 4) is 0 Å². The van der Waals surface area contributed by atoms with Crippen LogP contribution in [-0.2, 0) is 20.4 Å². The molecule has 4 heteroatoms. The quantitative estimate of drug-likeness (QED) is 0.475. The van der Waals surface area contributed by atoms with Crippen LogP contribution in [0.4, 0.5) is 4.79 Å². The summed E-state index contributed by atoms with van der Waals surface area (Å²) in [7, 11) is 1.47. The topological polar surface area (TPSA) is 55.1 Å². The van der Waals surface area contributed by atoms with E-state index in [0.29, 0.717) is 0 Å². The van der Waals surface area contributed by atoms with Gasteiger partial charge in [0.2, 0.25) is 0 Å². The van der Waals surface area contributed by atoms with Gasteiger partial charge in [-0.15, -0.1) is 0 Å². The van der Waals surface area contributed by atoms with E-state index in [0.717, 1.165) is 0 Å². The van der Waals surface area contributed by atoms with Gasteiger partial charge in [0.1, 0.15) is 0 Å². The van der Waals surface area contributed by atoms with Gasteiger partial charge in [-0.25, -0.2) is 4.79 Å². The predicted molar refractivity (Wildman–Crippen MR) is 18.6 cm³/mol. The SMILES string of the molecule is CNC(N)=O.[Pd]. The van der Waals surface area contributed by atoms with Crippen molar-refractivity contribution in [2.75, 3.05) is 7.05 Å². The fraction of sp³-hybridized carbons (Fsp3) is 0.500. The molecular weight excluding hydrogens is 174 g/mol. The second-order valence-corrected chi connectivity index (χ2v) is 0.614. The monoisotopic (exact) mass is 180 g/mol. The Morgan fingerprint density at radius 3 is 2.00 bits per heavy atom. The van der Waals surface area contributed by atoms with Crippen molar-refractivity contribution in [2.24, 2.45) is 5.73 Å². The fourth-order valence-corrected chi connectivity index (χ4v) is 0. The van der Waals surface area contributed by atoms with E-state index in [-0.39, 0.29) is 20.4 Å². The van der Waals surface area contributed by atoms with Crippen LogP contribution < -0.4 is 11.1 Å². The first-order chi connectivity index (χ1) is 2.27. The van der Waals surface area contributed by atoms with Gasteiger partial charge in [-0.05, 0) is 0 Å². The summed E-state index contributed by atoms with van der Waals surface area (Å²) in [5.41, 5.74) is 4.54. The first-order valence-corrected chi connectivity index (χ1v) is 1.24. The zero-order valence-corrected chi connectivity index (χ0v) is 4.86. The minimum absolute atomic E-state index is 0. The number of amides is 2. The molecule has 0 bridgehead atoms. The zero-order valence-electron chi connectivity index (χ0n) is 3.30. The number of primary amides is 1. The molecule has 6 heavy (non-hydrogen) atoms. The molecule has 0 saturated heterocycles. The average Bonchev–Trinajstić information content (AvgIpc) is 1.38. The molecule has 0 fully saturated rings. The molecule has 3 N–H and O–H groups in total. The first kappa shape index (κ1) is 9.33. The van der Waals surface area contributed by atoms with Crippen LogP contribution in [0, 0.1) is 0 Å². The number of nitrogens with one attached hydrogen (secondary N) is 1. The molecule has 2 amide bonds. The maximum atomic E-state index is 9.48. The summed E-state index contributed by atoms with van der Waals surface area (Å²) in [5, 5.41) is 2.17. The summed E-state index contributed by atoms with van der Waals surface area (Å²) in [4.78, 5) is 9.48. The molecule has 3 nitrogen and oxygen atoms in total. The molecule has 40 valence electrons. The fourth-order valence-electron chi connectivity index (χ4n) is 0. The molecule has 0 aromatic rings. The van der Waals surface area contributed by atoms with E-state index in [1.54, 1.807) is 0 Å². The summed E-state index contributed by atoms with van der Waals surface area (Å²) < 4.78 is 0. The molecule has 0 radical (unpaired) electrons. The third-order valence-corrected chi connectivity index (χ3v) is 0.246. The zero-order chi connectivity index (χ0) is 4.28. The smallest absolute Gasteiger partial charge is 0.311 e. The van der Waals surface area contributed by atoms with E-state index in [2.05, 4.69) is 11.1 Å². The number of rotatable bonds is 0. The van der Waals surface area contributed by atoms with Crippen molar-refractivity contribution < 1.29 is 25.2 Å². The second-order valence-electron chi connectivity index (χ2n) is 0.614. The molecule has 0 unspecified atom stereocenters. The van der Waals surface area contributed by atoms with E-state index in [4.69, 9.17) is 0 Å². The maximum absolute atomic E-state index is 9.48. The van der Waals surface area contributed by atoms with Crippen LogP contribution in [0.1, 0.15) is 0 Å². The van der Waals surface area contributed by atoms with Gasteiger partial charge in [-0.1, -0.05) is 0 Å². The largest absolute Gasteiger partial charge is 0.352 e. The van der Waals surface area contributed by atoms with Crippen LogP contribution in [0.5, 0.6) is 0 Å². The molecule has 0 aromatic carbocycles. The standard InChI is InChI=1S/C2H6N2O.Pd/c1-4-2(3)5;/h1H3,(H3,3,4,5);. The van der Waals surface area contributed by atoms with Gasteiger partial charge < -0.3 is 11.1 Å². The summed E-state index contributed by atoms with van der Waals surface area (Å²) in [5.74, 6) is 0. The number of nitrogens with two attached hydrogens (primary N) is 1. The van der Waals surface area contributed by atoms with Gasteiger partial charge in [-0.2, -0.15) is 0 Å². The van der Waals surface area contributed by atoms with Crippen LogP contribution in [-0.4, -0.2) is 13.1 Å². The molecule has 0 aliphatic heterocycles. The van der Waals surface area contributed by atoms with Crippen molar-refractivity contribution in [3.63, 3.8) is 0 Å². The van der Waals surface area contributed by atoms with Crippen LogP contribution in [0.25, 0.3) is 0 Å².